The second kappa shape index (κ2) is 8.71. The van der Waals surface area contributed by atoms with E-state index in [1.165, 1.54) is 0 Å². The number of halogens is 2. The predicted octanol–water partition coefficient (Wildman–Crippen LogP) is 3.57. The first kappa shape index (κ1) is 19.0. The van der Waals surface area contributed by atoms with Gasteiger partial charge in [-0.15, -0.1) is 0 Å². The number of carbonyl (C=O) groups excluding carboxylic acids is 1. The first-order valence-electron chi connectivity index (χ1n) is 8.71. The number of aromatic nitrogens is 2. The van der Waals surface area contributed by atoms with Crippen LogP contribution >= 0.6 is 23.2 Å². The van der Waals surface area contributed by atoms with Crippen molar-refractivity contribution in [2.24, 2.45) is 0 Å². The molecule has 1 fully saturated rings. The first-order chi connectivity index (χ1) is 12.5. The van der Waals surface area contributed by atoms with Crippen molar-refractivity contribution in [1.82, 2.24) is 19.6 Å². The van der Waals surface area contributed by atoms with Crippen LogP contribution in [0.15, 0.2) is 36.7 Å². The van der Waals surface area contributed by atoms with Crippen LogP contribution in [0.25, 0.3) is 6.08 Å². The Kier molecular flexibility index (Phi) is 6.35. The van der Waals surface area contributed by atoms with Crippen LogP contribution in [-0.4, -0.2) is 51.7 Å². The fourth-order valence-corrected chi connectivity index (χ4v) is 3.40. The standard InChI is InChI=1S/C19H22Cl2N4O/c1-2-25-13-15(12-22-25)3-6-19(26)24-9-7-23(8-10-24)14-16-4-5-17(20)11-18(16)21/h3-6,11-13H,2,7-10,14H2,1H3/b6-3+. The van der Waals surface area contributed by atoms with Gasteiger partial charge in [0.15, 0.2) is 0 Å². The molecule has 26 heavy (non-hydrogen) atoms. The molecule has 1 aromatic carbocycles. The Balaban J connectivity index is 1.50. The summed E-state index contributed by atoms with van der Waals surface area (Å²) in [5, 5.41) is 5.53. The van der Waals surface area contributed by atoms with Gasteiger partial charge in [-0.2, -0.15) is 5.10 Å². The summed E-state index contributed by atoms with van der Waals surface area (Å²) in [6, 6.07) is 5.58. The zero-order valence-electron chi connectivity index (χ0n) is 14.7. The van der Waals surface area contributed by atoms with Crippen LogP contribution in [0.3, 0.4) is 0 Å². The van der Waals surface area contributed by atoms with E-state index >= 15 is 0 Å². The molecule has 1 aliphatic heterocycles. The molecule has 1 aromatic heterocycles. The molecule has 0 spiro atoms. The number of hydrogen-bond acceptors (Lipinski definition) is 3. The van der Waals surface area contributed by atoms with E-state index in [1.54, 1.807) is 18.3 Å². The summed E-state index contributed by atoms with van der Waals surface area (Å²) in [5.74, 6) is 0.0402. The van der Waals surface area contributed by atoms with Crippen molar-refractivity contribution >= 4 is 35.2 Å². The second-order valence-electron chi connectivity index (χ2n) is 6.30. The molecule has 0 unspecified atom stereocenters. The number of piperazine rings is 1. The van der Waals surface area contributed by atoms with Crippen LogP contribution in [-0.2, 0) is 17.9 Å². The monoisotopic (exact) mass is 392 g/mol. The summed E-state index contributed by atoms with van der Waals surface area (Å²) in [7, 11) is 0. The van der Waals surface area contributed by atoms with Crippen LogP contribution in [0.4, 0.5) is 0 Å². The third-order valence-electron chi connectivity index (χ3n) is 4.49. The lowest BCUT2D eigenvalue weighted by Crippen LogP contribution is -2.47. The number of amides is 1. The van der Waals surface area contributed by atoms with Crippen LogP contribution < -0.4 is 0 Å². The molecule has 1 amide bonds. The predicted molar refractivity (Wildman–Crippen MR) is 105 cm³/mol. The summed E-state index contributed by atoms with van der Waals surface area (Å²) in [4.78, 5) is 16.5. The highest BCUT2D eigenvalue weighted by atomic mass is 35.5. The minimum absolute atomic E-state index is 0.0402. The third kappa shape index (κ3) is 4.87. The van der Waals surface area contributed by atoms with Crippen LogP contribution in [0.1, 0.15) is 18.1 Å². The van der Waals surface area contributed by atoms with Gasteiger partial charge in [-0.05, 0) is 30.7 Å². The van der Waals surface area contributed by atoms with E-state index < -0.39 is 0 Å². The Bertz CT molecular complexity index is 795. The van der Waals surface area contributed by atoms with Crippen LogP contribution in [0, 0.1) is 0 Å². The Labute approximate surface area is 163 Å². The quantitative estimate of drug-likeness (QED) is 0.730. The summed E-state index contributed by atoms with van der Waals surface area (Å²) in [6.45, 7) is 6.69. The summed E-state index contributed by atoms with van der Waals surface area (Å²) in [6.07, 6.45) is 7.14. The van der Waals surface area contributed by atoms with E-state index in [-0.39, 0.29) is 5.91 Å². The minimum atomic E-state index is 0.0402. The van der Waals surface area contributed by atoms with E-state index in [9.17, 15) is 4.79 Å². The van der Waals surface area contributed by atoms with E-state index in [4.69, 9.17) is 23.2 Å². The number of aryl methyl sites for hydroxylation is 1. The van der Waals surface area contributed by atoms with Gasteiger partial charge in [-0.3, -0.25) is 14.4 Å². The van der Waals surface area contributed by atoms with Gasteiger partial charge in [-0.1, -0.05) is 29.3 Å². The average molecular weight is 393 g/mol. The van der Waals surface area contributed by atoms with Gasteiger partial charge in [0.1, 0.15) is 0 Å². The Morgan fingerprint density at radius 1 is 1.23 bits per heavy atom. The SMILES string of the molecule is CCn1cc(/C=C/C(=O)N2CCN(Cc3ccc(Cl)cc3Cl)CC2)cn1. The first-order valence-corrected chi connectivity index (χ1v) is 9.46. The Hall–Kier alpha value is -1.82. The summed E-state index contributed by atoms with van der Waals surface area (Å²) in [5.41, 5.74) is 2.00. The van der Waals surface area contributed by atoms with Gasteiger partial charge >= 0.3 is 0 Å². The lowest BCUT2D eigenvalue weighted by Gasteiger charge is -2.34. The molecule has 0 aliphatic carbocycles. The smallest absolute Gasteiger partial charge is 0.246 e. The summed E-state index contributed by atoms with van der Waals surface area (Å²) >= 11 is 12.2. The van der Waals surface area contributed by atoms with E-state index in [0.29, 0.717) is 23.1 Å². The number of nitrogens with zero attached hydrogens (tertiary/aromatic N) is 4. The van der Waals surface area contributed by atoms with Crippen molar-refractivity contribution in [3.63, 3.8) is 0 Å². The van der Waals surface area contributed by atoms with Gasteiger partial charge in [-0.25, -0.2) is 0 Å². The maximum Gasteiger partial charge on any atom is 0.246 e. The third-order valence-corrected chi connectivity index (χ3v) is 5.08. The topological polar surface area (TPSA) is 41.4 Å². The molecule has 7 heteroatoms. The van der Waals surface area contributed by atoms with Gasteiger partial charge in [0.05, 0.1) is 6.20 Å². The molecule has 0 N–H and O–H groups in total. The maximum absolute atomic E-state index is 12.4. The van der Waals surface area contributed by atoms with Crippen molar-refractivity contribution in [2.75, 3.05) is 26.2 Å². The fraction of sp³-hybridized carbons (Fsp3) is 0.368. The van der Waals surface area contributed by atoms with Gasteiger partial charge in [0.25, 0.3) is 0 Å². The molecule has 2 heterocycles. The number of benzene rings is 1. The van der Waals surface area contributed by atoms with Crippen LogP contribution in [0.5, 0.6) is 0 Å². The fourth-order valence-electron chi connectivity index (χ4n) is 2.93. The second-order valence-corrected chi connectivity index (χ2v) is 7.14. The highest BCUT2D eigenvalue weighted by molar-refractivity contribution is 6.35. The number of carbonyl (C=O) groups is 1. The van der Waals surface area contributed by atoms with Gasteiger partial charge < -0.3 is 4.90 Å². The van der Waals surface area contributed by atoms with Crippen molar-refractivity contribution in [1.29, 1.82) is 0 Å². The highest BCUT2D eigenvalue weighted by Crippen LogP contribution is 2.22. The van der Waals surface area contributed by atoms with Gasteiger partial charge in [0, 0.05) is 67.2 Å². The maximum atomic E-state index is 12.4. The number of hydrogen-bond donors (Lipinski definition) is 0. The molecule has 1 aliphatic rings. The van der Waals surface area contributed by atoms with Gasteiger partial charge in [0.2, 0.25) is 5.91 Å². The number of rotatable bonds is 5. The molecule has 0 saturated carbocycles. The van der Waals surface area contributed by atoms with E-state index in [0.717, 1.165) is 37.3 Å². The van der Waals surface area contributed by atoms with Crippen molar-refractivity contribution in [3.8, 4) is 0 Å². The molecule has 5 nitrogen and oxygen atoms in total. The van der Waals surface area contributed by atoms with E-state index in [1.807, 2.05) is 40.9 Å². The molecule has 138 valence electrons. The minimum Gasteiger partial charge on any atom is -0.337 e. The van der Waals surface area contributed by atoms with Crippen molar-refractivity contribution in [2.45, 2.75) is 20.0 Å². The Morgan fingerprint density at radius 3 is 2.65 bits per heavy atom. The summed E-state index contributed by atoms with van der Waals surface area (Å²) < 4.78 is 1.84. The lowest BCUT2D eigenvalue weighted by molar-refractivity contribution is -0.127. The molecule has 0 radical (unpaired) electrons. The molecule has 0 bridgehead atoms. The molecule has 1 saturated heterocycles. The van der Waals surface area contributed by atoms with E-state index in [2.05, 4.69) is 10.00 Å². The Morgan fingerprint density at radius 2 is 2.00 bits per heavy atom. The molecular weight excluding hydrogens is 371 g/mol. The molecule has 3 rings (SSSR count). The molecule has 2 aromatic rings. The van der Waals surface area contributed by atoms with Crippen LogP contribution in [0.2, 0.25) is 10.0 Å². The normalized spacial score (nSPS) is 15.7. The zero-order valence-corrected chi connectivity index (χ0v) is 16.2. The zero-order chi connectivity index (χ0) is 18.5. The average Bonchev–Trinajstić information content (AvgIpc) is 3.11. The molecular formula is C19H22Cl2N4O. The van der Waals surface area contributed by atoms with Crippen molar-refractivity contribution < 1.29 is 4.79 Å². The highest BCUT2D eigenvalue weighted by Gasteiger charge is 2.20. The lowest BCUT2D eigenvalue weighted by atomic mass is 10.2. The molecule has 0 atom stereocenters. The largest absolute Gasteiger partial charge is 0.337 e. The van der Waals surface area contributed by atoms with Crippen molar-refractivity contribution in [3.05, 3.63) is 57.8 Å².